The Kier molecular flexibility index (Phi) is 4.53. The first-order valence-corrected chi connectivity index (χ1v) is 6.80. The molecule has 0 spiro atoms. The van der Waals surface area contributed by atoms with E-state index in [1.807, 2.05) is 13.0 Å². The van der Waals surface area contributed by atoms with Gasteiger partial charge in [0, 0.05) is 27.8 Å². The number of nitrogens with one attached hydrogen (secondary N) is 1. The number of carbonyl (C=O) groups excluding carboxylic acids is 1. The second-order valence-electron chi connectivity index (χ2n) is 4.52. The van der Waals surface area contributed by atoms with Gasteiger partial charge in [-0.3, -0.25) is 4.79 Å². The zero-order valence-corrected chi connectivity index (χ0v) is 12.4. The highest BCUT2D eigenvalue weighted by Crippen LogP contribution is 2.23. The van der Waals surface area contributed by atoms with E-state index in [1.54, 1.807) is 30.3 Å². The van der Waals surface area contributed by atoms with Crippen LogP contribution in [0.2, 0.25) is 10.0 Å². The molecule has 2 aromatic carbocycles. The van der Waals surface area contributed by atoms with Crippen LogP contribution in [0, 0.1) is 6.92 Å². The molecular weight excluding hydrogens is 295 g/mol. The van der Waals surface area contributed by atoms with Crippen molar-refractivity contribution in [3.05, 3.63) is 63.1 Å². The van der Waals surface area contributed by atoms with Gasteiger partial charge in [-0.2, -0.15) is 0 Å². The minimum absolute atomic E-state index is 0.422. The van der Waals surface area contributed by atoms with Crippen LogP contribution in [0.4, 0.5) is 5.69 Å². The molecule has 3 N–H and O–H groups in total. The molecule has 0 atom stereocenters. The topological polar surface area (TPSA) is 55.1 Å². The van der Waals surface area contributed by atoms with E-state index in [9.17, 15) is 4.79 Å². The summed E-state index contributed by atoms with van der Waals surface area (Å²) in [5.74, 6) is -0.422. The highest BCUT2D eigenvalue weighted by atomic mass is 35.5. The maximum atomic E-state index is 11.1. The van der Waals surface area contributed by atoms with Crippen LogP contribution in [0.3, 0.4) is 0 Å². The van der Waals surface area contributed by atoms with Gasteiger partial charge in [0.25, 0.3) is 0 Å². The first kappa shape index (κ1) is 14.7. The number of anilines is 1. The van der Waals surface area contributed by atoms with Gasteiger partial charge in [0.15, 0.2) is 0 Å². The quantitative estimate of drug-likeness (QED) is 0.896. The molecule has 0 aromatic heterocycles. The van der Waals surface area contributed by atoms with Gasteiger partial charge in [-0.1, -0.05) is 29.3 Å². The van der Waals surface area contributed by atoms with Gasteiger partial charge in [0.2, 0.25) is 5.91 Å². The smallest absolute Gasteiger partial charge is 0.248 e. The number of halogens is 2. The maximum Gasteiger partial charge on any atom is 0.248 e. The second kappa shape index (κ2) is 6.16. The summed E-state index contributed by atoms with van der Waals surface area (Å²) in [5.41, 5.74) is 8.68. The molecule has 0 heterocycles. The molecule has 3 nitrogen and oxygen atoms in total. The van der Waals surface area contributed by atoms with Crippen LogP contribution in [-0.2, 0) is 6.54 Å². The predicted octanol–water partition coefficient (Wildman–Crippen LogP) is 4.01. The van der Waals surface area contributed by atoms with Crippen LogP contribution in [0.25, 0.3) is 0 Å². The maximum absolute atomic E-state index is 11.1. The van der Waals surface area contributed by atoms with Gasteiger partial charge >= 0.3 is 0 Å². The van der Waals surface area contributed by atoms with E-state index in [0.29, 0.717) is 22.2 Å². The highest BCUT2D eigenvalue weighted by molar-refractivity contribution is 6.35. The lowest BCUT2D eigenvalue weighted by atomic mass is 10.0. The molecule has 0 aliphatic heterocycles. The number of hydrogen-bond acceptors (Lipinski definition) is 2. The SMILES string of the molecule is Cc1cc(C(N)=O)ccc1CNc1cc(Cl)cc(Cl)c1. The van der Waals surface area contributed by atoms with E-state index in [0.717, 1.165) is 16.8 Å². The van der Waals surface area contributed by atoms with Crippen LogP contribution < -0.4 is 11.1 Å². The number of aryl methyl sites for hydroxylation is 1. The first-order valence-electron chi connectivity index (χ1n) is 6.05. The van der Waals surface area contributed by atoms with E-state index in [1.165, 1.54) is 0 Å². The van der Waals surface area contributed by atoms with Crippen molar-refractivity contribution in [3.8, 4) is 0 Å². The molecule has 20 heavy (non-hydrogen) atoms. The van der Waals surface area contributed by atoms with Gasteiger partial charge in [0.1, 0.15) is 0 Å². The normalized spacial score (nSPS) is 10.3. The lowest BCUT2D eigenvalue weighted by molar-refractivity contribution is 0.1000. The Morgan fingerprint density at radius 2 is 1.80 bits per heavy atom. The van der Waals surface area contributed by atoms with E-state index in [4.69, 9.17) is 28.9 Å². The molecule has 2 aromatic rings. The number of primary amides is 1. The number of amides is 1. The Morgan fingerprint density at radius 1 is 1.15 bits per heavy atom. The Bertz CT molecular complexity index is 636. The van der Waals surface area contributed by atoms with Crippen LogP contribution in [0.1, 0.15) is 21.5 Å². The number of hydrogen-bond donors (Lipinski definition) is 2. The third-order valence-electron chi connectivity index (χ3n) is 2.97. The van der Waals surface area contributed by atoms with Crippen molar-refractivity contribution in [1.82, 2.24) is 0 Å². The van der Waals surface area contributed by atoms with Crippen LogP contribution >= 0.6 is 23.2 Å². The lowest BCUT2D eigenvalue weighted by Crippen LogP contribution is -2.11. The summed E-state index contributed by atoms with van der Waals surface area (Å²) in [7, 11) is 0. The van der Waals surface area contributed by atoms with Crippen LogP contribution in [0.15, 0.2) is 36.4 Å². The number of nitrogens with two attached hydrogens (primary N) is 1. The van der Waals surface area contributed by atoms with Crippen molar-refractivity contribution in [2.75, 3.05) is 5.32 Å². The summed E-state index contributed by atoms with van der Waals surface area (Å²) in [6.07, 6.45) is 0. The van der Waals surface area contributed by atoms with Crippen molar-refractivity contribution >= 4 is 34.8 Å². The molecule has 0 saturated heterocycles. The van der Waals surface area contributed by atoms with Crippen molar-refractivity contribution in [2.24, 2.45) is 5.73 Å². The molecule has 0 aliphatic rings. The van der Waals surface area contributed by atoms with Gasteiger partial charge in [0.05, 0.1) is 0 Å². The molecule has 0 unspecified atom stereocenters. The van der Waals surface area contributed by atoms with Gasteiger partial charge < -0.3 is 11.1 Å². The average molecular weight is 309 g/mol. The lowest BCUT2D eigenvalue weighted by Gasteiger charge is -2.10. The molecule has 5 heteroatoms. The molecular formula is C15H14Cl2N2O. The number of benzene rings is 2. The van der Waals surface area contributed by atoms with Crippen molar-refractivity contribution < 1.29 is 4.79 Å². The van der Waals surface area contributed by atoms with Crippen molar-refractivity contribution in [2.45, 2.75) is 13.5 Å². The predicted molar refractivity (Wildman–Crippen MR) is 83.5 cm³/mol. The van der Waals surface area contributed by atoms with Crippen molar-refractivity contribution in [1.29, 1.82) is 0 Å². The third kappa shape index (κ3) is 3.65. The summed E-state index contributed by atoms with van der Waals surface area (Å²) in [6.45, 7) is 2.55. The van der Waals surface area contributed by atoms with Crippen LogP contribution in [-0.4, -0.2) is 5.91 Å². The minimum atomic E-state index is -0.422. The van der Waals surface area contributed by atoms with E-state index in [2.05, 4.69) is 5.32 Å². The standard InChI is InChI=1S/C15H14Cl2N2O/c1-9-4-10(15(18)20)2-3-11(9)8-19-14-6-12(16)5-13(17)7-14/h2-7,19H,8H2,1H3,(H2,18,20). The highest BCUT2D eigenvalue weighted by Gasteiger charge is 2.05. The Labute approximate surface area is 127 Å². The fourth-order valence-electron chi connectivity index (χ4n) is 1.90. The molecule has 0 aliphatic carbocycles. The van der Waals surface area contributed by atoms with E-state index >= 15 is 0 Å². The van der Waals surface area contributed by atoms with Gasteiger partial charge in [-0.05, 0) is 48.4 Å². The minimum Gasteiger partial charge on any atom is -0.381 e. The van der Waals surface area contributed by atoms with E-state index < -0.39 is 5.91 Å². The fraction of sp³-hybridized carbons (Fsp3) is 0.133. The van der Waals surface area contributed by atoms with Gasteiger partial charge in [-0.25, -0.2) is 0 Å². The molecule has 0 bridgehead atoms. The number of rotatable bonds is 4. The summed E-state index contributed by atoms with van der Waals surface area (Å²) in [4.78, 5) is 11.1. The summed E-state index contributed by atoms with van der Waals surface area (Å²) in [5, 5.41) is 4.42. The largest absolute Gasteiger partial charge is 0.381 e. The van der Waals surface area contributed by atoms with Gasteiger partial charge in [-0.15, -0.1) is 0 Å². The Hall–Kier alpha value is -1.71. The van der Waals surface area contributed by atoms with Crippen LogP contribution in [0.5, 0.6) is 0 Å². The summed E-state index contributed by atoms with van der Waals surface area (Å²) in [6, 6.07) is 10.7. The Balaban J connectivity index is 2.12. The average Bonchev–Trinajstić information content (AvgIpc) is 2.36. The molecule has 0 radical (unpaired) electrons. The molecule has 104 valence electrons. The van der Waals surface area contributed by atoms with E-state index in [-0.39, 0.29) is 0 Å². The Morgan fingerprint density at radius 3 is 2.35 bits per heavy atom. The summed E-state index contributed by atoms with van der Waals surface area (Å²) >= 11 is 11.9. The monoisotopic (exact) mass is 308 g/mol. The third-order valence-corrected chi connectivity index (χ3v) is 3.41. The molecule has 2 rings (SSSR count). The fourth-order valence-corrected chi connectivity index (χ4v) is 2.43. The second-order valence-corrected chi connectivity index (χ2v) is 5.39. The summed E-state index contributed by atoms with van der Waals surface area (Å²) < 4.78 is 0. The molecule has 0 saturated carbocycles. The first-order chi connectivity index (χ1) is 9.45. The molecule has 1 amide bonds. The zero-order valence-electron chi connectivity index (χ0n) is 10.9. The van der Waals surface area contributed by atoms with Crippen molar-refractivity contribution in [3.63, 3.8) is 0 Å². The zero-order chi connectivity index (χ0) is 14.7. The molecule has 0 fully saturated rings. The number of carbonyl (C=O) groups is 1.